The second-order valence-corrected chi connectivity index (χ2v) is 8.36. The van der Waals surface area contributed by atoms with E-state index in [1.165, 1.54) is 18.0 Å². The highest BCUT2D eigenvalue weighted by Crippen LogP contribution is 2.26. The highest BCUT2D eigenvalue weighted by Gasteiger charge is 2.36. The number of nitrogens with one attached hydrogen (secondary N) is 1. The first-order valence-electron chi connectivity index (χ1n) is 6.61. The highest BCUT2D eigenvalue weighted by molar-refractivity contribution is 8.00. The van der Waals surface area contributed by atoms with E-state index in [2.05, 4.69) is 5.32 Å². The van der Waals surface area contributed by atoms with E-state index in [9.17, 15) is 13.2 Å². The largest absolute Gasteiger partial charge is 0.368 e. The summed E-state index contributed by atoms with van der Waals surface area (Å²) in [4.78, 5) is 11.9. The van der Waals surface area contributed by atoms with Crippen molar-refractivity contribution in [2.24, 2.45) is 5.73 Å². The van der Waals surface area contributed by atoms with E-state index >= 15 is 0 Å². The molecule has 1 amide bonds. The minimum Gasteiger partial charge on any atom is -0.368 e. The lowest BCUT2D eigenvalue weighted by molar-refractivity contribution is -0.124. The topological polar surface area (TPSA) is 89.3 Å². The van der Waals surface area contributed by atoms with Gasteiger partial charge in [0.05, 0.1) is 5.75 Å². The van der Waals surface area contributed by atoms with Gasteiger partial charge in [0.2, 0.25) is 5.91 Å². The summed E-state index contributed by atoms with van der Waals surface area (Å²) in [5.41, 5.74) is 5.50. The van der Waals surface area contributed by atoms with Gasteiger partial charge in [0.25, 0.3) is 0 Å². The lowest BCUT2D eigenvalue weighted by Gasteiger charge is -2.30. The summed E-state index contributed by atoms with van der Waals surface area (Å²) >= 11 is 1.51. The van der Waals surface area contributed by atoms with Crippen molar-refractivity contribution < 1.29 is 13.2 Å². The molecule has 0 aliphatic heterocycles. The fraction of sp³-hybridized carbons (Fsp3) is 0.500. The lowest BCUT2D eigenvalue weighted by Crippen LogP contribution is -2.51. The Labute approximate surface area is 130 Å². The molecule has 5 nitrogen and oxygen atoms in total. The maximum atomic E-state index is 11.9. The lowest BCUT2D eigenvalue weighted by atomic mass is 9.86. The van der Waals surface area contributed by atoms with Gasteiger partial charge in [0.15, 0.2) is 0 Å². The molecular formula is C14H22N2O3S2. The molecule has 0 aliphatic rings. The van der Waals surface area contributed by atoms with Crippen molar-refractivity contribution in [3.8, 4) is 0 Å². The normalized spacial score (nSPS) is 14.6. The van der Waals surface area contributed by atoms with Crippen LogP contribution in [0, 0.1) is 0 Å². The third-order valence-electron chi connectivity index (χ3n) is 3.33. The maximum absolute atomic E-state index is 11.9. The Balaban J connectivity index is 2.70. The smallest absolute Gasteiger partial charge is 0.242 e. The van der Waals surface area contributed by atoms with Crippen LogP contribution in [0.25, 0.3) is 0 Å². The molecule has 0 spiro atoms. The predicted molar refractivity (Wildman–Crippen MR) is 88.0 cm³/mol. The van der Waals surface area contributed by atoms with Gasteiger partial charge in [-0.1, -0.05) is 30.3 Å². The van der Waals surface area contributed by atoms with Crippen LogP contribution in [-0.4, -0.2) is 44.9 Å². The van der Waals surface area contributed by atoms with E-state index in [1.54, 1.807) is 7.05 Å². The quantitative estimate of drug-likeness (QED) is 0.652. The van der Waals surface area contributed by atoms with Gasteiger partial charge in [-0.2, -0.15) is 11.8 Å². The van der Waals surface area contributed by atoms with E-state index in [0.29, 0.717) is 17.9 Å². The first-order chi connectivity index (χ1) is 9.82. The number of rotatable bonds is 9. The Kier molecular flexibility index (Phi) is 6.70. The molecule has 1 rings (SSSR count). The molecule has 1 unspecified atom stereocenters. The molecule has 1 aromatic rings. The molecule has 0 aromatic heterocycles. The van der Waals surface area contributed by atoms with Gasteiger partial charge in [-0.3, -0.25) is 4.79 Å². The molecule has 0 saturated carbocycles. The summed E-state index contributed by atoms with van der Waals surface area (Å²) in [6.07, 6.45) is 1.73. The Morgan fingerprint density at radius 2 is 1.90 bits per heavy atom. The predicted octanol–water partition coefficient (Wildman–Crippen LogP) is 0.755. The van der Waals surface area contributed by atoms with Crippen LogP contribution in [0.4, 0.5) is 0 Å². The summed E-state index contributed by atoms with van der Waals surface area (Å²) in [6.45, 7) is 0. The molecule has 0 aliphatic carbocycles. The minimum absolute atomic E-state index is 0.145. The summed E-state index contributed by atoms with van der Waals surface area (Å²) in [7, 11) is -1.23. The average Bonchev–Trinajstić information content (AvgIpc) is 2.42. The van der Waals surface area contributed by atoms with E-state index in [-0.39, 0.29) is 5.75 Å². The van der Waals surface area contributed by atoms with E-state index in [0.717, 1.165) is 5.56 Å². The number of likely N-dealkylation sites (N-methyl/N-ethyl adjacent to an activating group) is 1. The van der Waals surface area contributed by atoms with Gasteiger partial charge >= 0.3 is 0 Å². The van der Waals surface area contributed by atoms with Gasteiger partial charge in [0, 0.05) is 12.0 Å². The number of hydrogen-bond donors (Lipinski definition) is 2. The standard InChI is InChI=1S/C14H22N2O3S2/c1-16-14(13(15)17,12-6-4-3-5-7-12)8-9-20-10-11-21(2,18)19/h3-7,16H,8-11H2,1-2H3,(H2,15,17). The average molecular weight is 330 g/mol. The van der Waals surface area contributed by atoms with Crippen LogP contribution in [-0.2, 0) is 20.2 Å². The number of thioether (sulfide) groups is 1. The SMILES string of the molecule is CNC(CCSCCS(C)(=O)=O)(C(N)=O)c1ccccc1. The molecule has 21 heavy (non-hydrogen) atoms. The molecule has 118 valence electrons. The summed E-state index contributed by atoms with van der Waals surface area (Å²) in [5, 5.41) is 3.03. The van der Waals surface area contributed by atoms with Gasteiger partial charge in [0.1, 0.15) is 15.4 Å². The van der Waals surface area contributed by atoms with Crippen molar-refractivity contribution >= 4 is 27.5 Å². The van der Waals surface area contributed by atoms with E-state index in [1.807, 2.05) is 30.3 Å². The minimum atomic E-state index is -2.94. The van der Waals surface area contributed by atoms with Crippen molar-refractivity contribution in [3.05, 3.63) is 35.9 Å². The fourth-order valence-corrected chi connectivity index (χ4v) is 4.40. The van der Waals surface area contributed by atoms with Crippen molar-refractivity contribution in [1.29, 1.82) is 0 Å². The van der Waals surface area contributed by atoms with Crippen LogP contribution in [0.15, 0.2) is 30.3 Å². The van der Waals surface area contributed by atoms with Gasteiger partial charge < -0.3 is 11.1 Å². The number of hydrogen-bond acceptors (Lipinski definition) is 5. The summed E-state index contributed by atoms with van der Waals surface area (Å²) in [6, 6.07) is 9.33. The molecule has 0 fully saturated rings. The molecular weight excluding hydrogens is 308 g/mol. The molecule has 0 heterocycles. The Morgan fingerprint density at radius 1 is 1.29 bits per heavy atom. The Hall–Kier alpha value is -1.05. The zero-order valence-electron chi connectivity index (χ0n) is 12.3. The highest BCUT2D eigenvalue weighted by atomic mass is 32.2. The molecule has 0 bridgehead atoms. The number of primary amides is 1. The Morgan fingerprint density at radius 3 is 2.38 bits per heavy atom. The van der Waals surface area contributed by atoms with Crippen molar-refractivity contribution in [2.45, 2.75) is 12.0 Å². The number of carbonyl (C=O) groups excluding carboxylic acids is 1. The molecule has 7 heteroatoms. The zero-order chi connectivity index (χ0) is 15.9. The number of carbonyl (C=O) groups is 1. The van der Waals surface area contributed by atoms with Crippen LogP contribution in [0.5, 0.6) is 0 Å². The van der Waals surface area contributed by atoms with Gasteiger partial charge in [-0.15, -0.1) is 0 Å². The number of benzene rings is 1. The van der Waals surface area contributed by atoms with Crippen LogP contribution in [0.2, 0.25) is 0 Å². The fourth-order valence-electron chi connectivity index (χ4n) is 2.06. The van der Waals surface area contributed by atoms with E-state index in [4.69, 9.17) is 5.73 Å². The monoisotopic (exact) mass is 330 g/mol. The van der Waals surface area contributed by atoms with Gasteiger partial charge in [-0.25, -0.2) is 8.42 Å². The van der Waals surface area contributed by atoms with Crippen LogP contribution in [0.1, 0.15) is 12.0 Å². The molecule has 1 aromatic carbocycles. The first-order valence-corrected chi connectivity index (χ1v) is 9.83. The molecule has 1 atom stereocenters. The third kappa shape index (κ3) is 5.33. The second kappa shape index (κ2) is 7.82. The van der Waals surface area contributed by atoms with Crippen molar-refractivity contribution in [1.82, 2.24) is 5.32 Å². The van der Waals surface area contributed by atoms with Gasteiger partial charge in [-0.05, 0) is 24.8 Å². The van der Waals surface area contributed by atoms with Crippen molar-refractivity contribution in [3.63, 3.8) is 0 Å². The van der Waals surface area contributed by atoms with E-state index < -0.39 is 21.3 Å². The number of nitrogens with two attached hydrogens (primary N) is 1. The molecule has 3 N–H and O–H groups in total. The van der Waals surface area contributed by atoms with Crippen LogP contribution >= 0.6 is 11.8 Å². The Bertz CT molecular complexity index is 561. The number of sulfone groups is 1. The summed E-state index contributed by atoms with van der Waals surface area (Å²) < 4.78 is 22.2. The van der Waals surface area contributed by atoms with Crippen LogP contribution < -0.4 is 11.1 Å². The third-order valence-corrected chi connectivity index (χ3v) is 5.52. The summed E-state index contributed by atoms with van der Waals surface area (Å²) in [5.74, 6) is 0.881. The first kappa shape index (κ1) is 18.0. The molecule has 0 radical (unpaired) electrons. The number of amides is 1. The van der Waals surface area contributed by atoms with Crippen molar-refractivity contribution in [2.75, 3.05) is 30.6 Å². The van der Waals surface area contributed by atoms with Crippen LogP contribution in [0.3, 0.4) is 0 Å². The second-order valence-electron chi connectivity index (χ2n) is 4.88. The molecule has 0 saturated heterocycles. The zero-order valence-corrected chi connectivity index (χ0v) is 14.0. The maximum Gasteiger partial charge on any atom is 0.242 e.